The van der Waals surface area contributed by atoms with E-state index < -0.39 is 11.7 Å². The molecule has 1 N–H and O–H groups in total. The molecule has 17 heavy (non-hydrogen) atoms. The SMILES string of the molecule is Cn1ncnc1NC(=O)c1ccc(Br)cc1F. The highest BCUT2D eigenvalue weighted by atomic mass is 79.9. The van der Waals surface area contributed by atoms with E-state index in [1.807, 2.05) is 0 Å². The number of rotatable bonds is 2. The van der Waals surface area contributed by atoms with Crippen molar-refractivity contribution in [3.8, 4) is 0 Å². The first kappa shape index (κ1) is 11.7. The summed E-state index contributed by atoms with van der Waals surface area (Å²) in [5.41, 5.74) is -0.0452. The predicted molar refractivity (Wildman–Crippen MR) is 63.1 cm³/mol. The highest BCUT2D eigenvalue weighted by Crippen LogP contribution is 2.16. The summed E-state index contributed by atoms with van der Waals surface area (Å²) in [4.78, 5) is 15.6. The molecule has 0 unspecified atom stereocenters. The zero-order valence-electron chi connectivity index (χ0n) is 8.82. The summed E-state index contributed by atoms with van der Waals surface area (Å²) in [6.07, 6.45) is 1.30. The van der Waals surface area contributed by atoms with Crippen LogP contribution >= 0.6 is 15.9 Å². The highest BCUT2D eigenvalue weighted by molar-refractivity contribution is 9.10. The predicted octanol–water partition coefficient (Wildman–Crippen LogP) is 1.97. The van der Waals surface area contributed by atoms with E-state index in [1.54, 1.807) is 13.1 Å². The van der Waals surface area contributed by atoms with Gasteiger partial charge in [0.2, 0.25) is 5.95 Å². The molecule has 2 aromatic rings. The third-order valence-electron chi connectivity index (χ3n) is 2.11. The lowest BCUT2D eigenvalue weighted by Crippen LogP contribution is -2.16. The third-order valence-corrected chi connectivity index (χ3v) is 2.61. The first-order valence-corrected chi connectivity index (χ1v) is 5.47. The number of aryl methyl sites for hydroxylation is 1. The molecule has 0 aliphatic rings. The number of aromatic nitrogens is 3. The number of nitrogens with one attached hydrogen (secondary N) is 1. The Hall–Kier alpha value is -1.76. The minimum atomic E-state index is -0.598. The second-order valence-corrected chi connectivity index (χ2v) is 4.20. The van der Waals surface area contributed by atoms with Crippen molar-refractivity contribution in [3.05, 3.63) is 40.4 Å². The smallest absolute Gasteiger partial charge is 0.260 e. The zero-order valence-corrected chi connectivity index (χ0v) is 10.4. The lowest BCUT2D eigenvalue weighted by molar-refractivity contribution is 0.102. The van der Waals surface area contributed by atoms with Gasteiger partial charge in [0.15, 0.2) is 0 Å². The number of nitrogens with zero attached hydrogens (tertiary/aromatic N) is 3. The Kier molecular flexibility index (Phi) is 3.19. The van der Waals surface area contributed by atoms with Crippen molar-refractivity contribution >= 4 is 27.8 Å². The topological polar surface area (TPSA) is 59.8 Å². The fraction of sp³-hybridized carbons (Fsp3) is 0.100. The number of amides is 1. The van der Waals surface area contributed by atoms with E-state index in [1.165, 1.54) is 23.1 Å². The van der Waals surface area contributed by atoms with Crippen LogP contribution in [0.15, 0.2) is 29.0 Å². The van der Waals surface area contributed by atoms with E-state index in [4.69, 9.17) is 0 Å². The van der Waals surface area contributed by atoms with Crippen LogP contribution < -0.4 is 5.32 Å². The minimum Gasteiger partial charge on any atom is -0.291 e. The molecule has 0 aliphatic heterocycles. The molecule has 0 aliphatic carbocycles. The first-order chi connectivity index (χ1) is 8.08. The van der Waals surface area contributed by atoms with Gasteiger partial charge >= 0.3 is 0 Å². The van der Waals surface area contributed by atoms with Crippen molar-refractivity contribution < 1.29 is 9.18 Å². The molecule has 2 rings (SSSR count). The van der Waals surface area contributed by atoms with Gasteiger partial charge in [0.1, 0.15) is 12.1 Å². The average molecular weight is 299 g/mol. The van der Waals surface area contributed by atoms with Crippen molar-refractivity contribution in [1.29, 1.82) is 0 Å². The largest absolute Gasteiger partial charge is 0.291 e. The van der Waals surface area contributed by atoms with Gasteiger partial charge in [-0.05, 0) is 18.2 Å². The van der Waals surface area contributed by atoms with Gasteiger partial charge in [-0.2, -0.15) is 10.1 Å². The maximum atomic E-state index is 13.5. The van der Waals surface area contributed by atoms with Crippen LogP contribution in [-0.4, -0.2) is 20.7 Å². The lowest BCUT2D eigenvalue weighted by Gasteiger charge is -2.05. The number of hydrogen-bond donors (Lipinski definition) is 1. The van der Waals surface area contributed by atoms with Crippen LogP contribution in [0.25, 0.3) is 0 Å². The van der Waals surface area contributed by atoms with Crippen molar-refractivity contribution in [2.75, 3.05) is 5.32 Å². The molecule has 1 heterocycles. The van der Waals surface area contributed by atoms with Crippen LogP contribution in [-0.2, 0) is 7.05 Å². The van der Waals surface area contributed by atoms with Crippen molar-refractivity contribution in [1.82, 2.24) is 14.8 Å². The van der Waals surface area contributed by atoms with Gasteiger partial charge in [-0.15, -0.1) is 0 Å². The minimum absolute atomic E-state index is 0.0452. The molecular weight excluding hydrogens is 291 g/mol. The van der Waals surface area contributed by atoms with Gasteiger partial charge in [-0.25, -0.2) is 9.07 Å². The molecule has 0 saturated heterocycles. The van der Waals surface area contributed by atoms with Crippen LogP contribution in [0.5, 0.6) is 0 Å². The summed E-state index contributed by atoms with van der Waals surface area (Å²) in [7, 11) is 1.63. The van der Waals surface area contributed by atoms with E-state index in [0.717, 1.165) is 0 Å². The van der Waals surface area contributed by atoms with Crippen LogP contribution in [0.1, 0.15) is 10.4 Å². The Morgan fingerprint density at radius 1 is 1.53 bits per heavy atom. The Labute approximate surface area is 105 Å². The maximum absolute atomic E-state index is 13.5. The Morgan fingerprint density at radius 3 is 2.88 bits per heavy atom. The van der Waals surface area contributed by atoms with Crippen molar-refractivity contribution in [2.45, 2.75) is 0 Å². The van der Waals surface area contributed by atoms with Crippen LogP contribution in [0, 0.1) is 5.82 Å². The van der Waals surface area contributed by atoms with Crippen LogP contribution in [0.4, 0.5) is 10.3 Å². The second-order valence-electron chi connectivity index (χ2n) is 3.29. The second kappa shape index (κ2) is 4.62. The first-order valence-electron chi connectivity index (χ1n) is 4.68. The standard InChI is InChI=1S/C10H8BrFN4O/c1-16-10(13-5-14-16)15-9(17)7-3-2-6(11)4-8(7)12/h2-5H,1H3,(H,13,14,15,17). The summed E-state index contributed by atoms with van der Waals surface area (Å²) < 4.78 is 15.5. The molecule has 0 saturated carbocycles. The number of anilines is 1. The molecule has 0 radical (unpaired) electrons. The van der Waals surface area contributed by atoms with Crippen LogP contribution in [0.2, 0.25) is 0 Å². The molecule has 1 amide bonds. The summed E-state index contributed by atoms with van der Waals surface area (Å²) in [6, 6.07) is 4.21. The summed E-state index contributed by atoms with van der Waals surface area (Å²) in [5, 5.41) is 6.25. The van der Waals surface area contributed by atoms with Gasteiger partial charge in [0.25, 0.3) is 5.91 Å². The van der Waals surface area contributed by atoms with Gasteiger partial charge in [-0.1, -0.05) is 15.9 Å². The molecule has 0 bridgehead atoms. The van der Waals surface area contributed by atoms with Crippen molar-refractivity contribution in [3.63, 3.8) is 0 Å². The number of benzene rings is 1. The molecule has 1 aromatic heterocycles. The Balaban J connectivity index is 2.23. The van der Waals surface area contributed by atoms with E-state index in [9.17, 15) is 9.18 Å². The van der Waals surface area contributed by atoms with Crippen molar-refractivity contribution in [2.24, 2.45) is 7.05 Å². The fourth-order valence-corrected chi connectivity index (χ4v) is 1.59. The van der Waals surface area contributed by atoms with E-state index in [2.05, 4.69) is 31.3 Å². The number of carbonyl (C=O) groups excluding carboxylic acids is 1. The molecule has 0 fully saturated rings. The van der Waals surface area contributed by atoms with Gasteiger partial charge in [0, 0.05) is 11.5 Å². The van der Waals surface area contributed by atoms with E-state index in [-0.39, 0.29) is 11.5 Å². The molecule has 7 heteroatoms. The Morgan fingerprint density at radius 2 is 2.29 bits per heavy atom. The molecule has 1 aromatic carbocycles. The molecule has 0 spiro atoms. The van der Waals surface area contributed by atoms with Gasteiger partial charge in [-0.3, -0.25) is 10.1 Å². The molecule has 0 atom stereocenters. The maximum Gasteiger partial charge on any atom is 0.260 e. The number of carbonyl (C=O) groups is 1. The molecular formula is C10H8BrFN4O. The lowest BCUT2D eigenvalue weighted by atomic mass is 10.2. The monoisotopic (exact) mass is 298 g/mol. The highest BCUT2D eigenvalue weighted by Gasteiger charge is 2.13. The third kappa shape index (κ3) is 2.50. The zero-order chi connectivity index (χ0) is 12.4. The normalized spacial score (nSPS) is 10.3. The van der Waals surface area contributed by atoms with Crippen LogP contribution in [0.3, 0.4) is 0 Å². The summed E-state index contributed by atoms with van der Waals surface area (Å²) in [6.45, 7) is 0. The molecule has 5 nitrogen and oxygen atoms in total. The van der Waals surface area contributed by atoms with E-state index >= 15 is 0 Å². The quantitative estimate of drug-likeness (QED) is 0.922. The van der Waals surface area contributed by atoms with Gasteiger partial charge in [0.05, 0.1) is 5.56 Å². The Bertz CT molecular complexity index is 569. The number of hydrogen-bond acceptors (Lipinski definition) is 3. The van der Waals surface area contributed by atoms with Gasteiger partial charge < -0.3 is 0 Å². The van der Waals surface area contributed by atoms with E-state index in [0.29, 0.717) is 4.47 Å². The fourth-order valence-electron chi connectivity index (χ4n) is 1.25. The summed E-state index contributed by atoms with van der Waals surface area (Å²) >= 11 is 3.12. The average Bonchev–Trinajstić information content (AvgIpc) is 2.64. The summed E-state index contributed by atoms with van der Waals surface area (Å²) in [5.74, 6) is -0.900. The number of halogens is 2. The molecule has 88 valence electrons.